The van der Waals surface area contributed by atoms with Crippen LogP contribution in [0.25, 0.3) is 0 Å². The highest BCUT2D eigenvalue weighted by atomic mass is 32.2. The van der Waals surface area contributed by atoms with Gasteiger partial charge in [0.05, 0.1) is 17.4 Å². The topological polar surface area (TPSA) is 51.2 Å². The molecular formula is C14H22N2O2S. The smallest absolute Gasteiger partial charge is 0.316 e. The number of aryl methyl sites for hydroxylation is 1. The van der Waals surface area contributed by atoms with Gasteiger partial charge in [0, 0.05) is 12.7 Å². The van der Waals surface area contributed by atoms with Gasteiger partial charge in [-0.05, 0) is 37.9 Å². The number of nitrogens with zero attached hydrogens (tertiary/aromatic N) is 1. The summed E-state index contributed by atoms with van der Waals surface area (Å²) >= 11 is 1.43. The molecule has 0 spiro atoms. The van der Waals surface area contributed by atoms with Gasteiger partial charge >= 0.3 is 5.97 Å². The van der Waals surface area contributed by atoms with E-state index in [-0.39, 0.29) is 5.97 Å². The Kier molecular flexibility index (Phi) is 7.52. The second-order valence-electron chi connectivity index (χ2n) is 4.24. The van der Waals surface area contributed by atoms with Crippen molar-refractivity contribution in [3.63, 3.8) is 0 Å². The van der Waals surface area contributed by atoms with Crippen molar-refractivity contribution < 1.29 is 9.53 Å². The first-order valence-electron chi connectivity index (χ1n) is 6.62. The van der Waals surface area contributed by atoms with E-state index in [0.717, 1.165) is 30.1 Å². The van der Waals surface area contributed by atoms with Crippen LogP contribution in [0.15, 0.2) is 17.3 Å². The minimum Gasteiger partial charge on any atom is -0.465 e. The largest absolute Gasteiger partial charge is 0.465 e. The molecule has 0 fully saturated rings. The second-order valence-corrected chi connectivity index (χ2v) is 5.20. The van der Waals surface area contributed by atoms with Gasteiger partial charge in [-0.25, -0.2) is 4.98 Å². The molecule has 106 valence electrons. The number of carbonyl (C=O) groups excluding carboxylic acids is 1. The first kappa shape index (κ1) is 16.0. The monoisotopic (exact) mass is 282 g/mol. The summed E-state index contributed by atoms with van der Waals surface area (Å²) in [5, 5.41) is 4.24. The van der Waals surface area contributed by atoms with E-state index in [9.17, 15) is 4.79 Å². The van der Waals surface area contributed by atoms with Crippen LogP contribution in [0.4, 0.5) is 0 Å². The Hall–Kier alpha value is -1.07. The summed E-state index contributed by atoms with van der Waals surface area (Å²) < 4.78 is 4.90. The lowest BCUT2D eigenvalue weighted by atomic mass is 10.2. The second kappa shape index (κ2) is 8.93. The molecule has 5 heteroatoms. The van der Waals surface area contributed by atoms with Gasteiger partial charge in [0.15, 0.2) is 0 Å². The Bertz CT molecular complexity index is 410. The van der Waals surface area contributed by atoms with Crippen molar-refractivity contribution in [3.8, 4) is 0 Å². The van der Waals surface area contributed by atoms with Crippen LogP contribution < -0.4 is 5.32 Å². The number of thioether (sulfide) groups is 1. The molecule has 0 aliphatic carbocycles. The van der Waals surface area contributed by atoms with Crippen molar-refractivity contribution >= 4 is 17.7 Å². The maximum atomic E-state index is 11.3. The van der Waals surface area contributed by atoms with Gasteiger partial charge in [0.2, 0.25) is 0 Å². The number of rotatable bonds is 8. The van der Waals surface area contributed by atoms with Crippen molar-refractivity contribution in [2.75, 3.05) is 18.9 Å². The maximum Gasteiger partial charge on any atom is 0.316 e. The van der Waals surface area contributed by atoms with Gasteiger partial charge in [-0.1, -0.05) is 24.8 Å². The molecule has 0 aromatic carbocycles. The average molecular weight is 282 g/mol. The van der Waals surface area contributed by atoms with E-state index in [2.05, 4.69) is 23.3 Å². The fraction of sp³-hybridized carbons (Fsp3) is 0.571. The molecule has 1 rings (SSSR count). The van der Waals surface area contributed by atoms with Crippen LogP contribution >= 0.6 is 11.8 Å². The lowest BCUT2D eigenvalue weighted by Gasteiger charge is -2.08. The van der Waals surface area contributed by atoms with Crippen LogP contribution in [0, 0.1) is 6.92 Å². The molecule has 0 atom stereocenters. The molecule has 1 aromatic rings. The first-order chi connectivity index (χ1) is 9.17. The minimum absolute atomic E-state index is 0.192. The summed E-state index contributed by atoms with van der Waals surface area (Å²) in [5.74, 6) is 0.122. The number of hydrogen-bond acceptors (Lipinski definition) is 5. The summed E-state index contributed by atoms with van der Waals surface area (Å²) in [6.45, 7) is 8.25. The van der Waals surface area contributed by atoms with Crippen molar-refractivity contribution in [1.82, 2.24) is 10.3 Å². The standard InChI is InChI=1S/C14H22N2O2S/c1-4-6-15-8-12-7-11(3)14(16-9-12)19-10-13(17)18-5-2/h7,9,15H,4-6,8,10H2,1-3H3. The molecule has 0 saturated heterocycles. The Morgan fingerprint density at radius 2 is 2.26 bits per heavy atom. The van der Waals surface area contributed by atoms with Crippen LogP contribution in [0.3, 0.4) is 0 Å². The van der Waals surface area contributed by atoms with Crippen LogP contribution in [0.2, 0.25) is 0 Å². The molecule has 1 heterocycles. The molecule has 0 saturated carbocycles. The van der Waals surface area contributed by atoms with E-state index in [1.165, 1.54) is 17.3 Å². The molecule has 1 aromatic heterocycles. The summed E-state index contributed by atoms with van der Waals surface area (Å²) in [6, 6.07) is 2.11. The zero-order valence-electron chi connectivity index (χ0n) is 11.9. The fourth-order valence-electron chi connectivity index (χ4n) is 1.61. The third-order valence-electron chi connectivity index (χ3n) is 2.47. The normalized spacial score (nSPS) is 10.5. The summed E-state index contributed by atoms with van der Waals surface area (Å²) in [7, 11) is 0. The van der Waals surface area contributed by atoms with Crippen molar-refractivity contribution in [1.29, 1.82) is 0 Å². The van der Waals surface area contributed by atoms with Crippen LogP contribution in [0.1, 0.15) is 31.4 Å². The van der Waals surface area contributed by atoms with Gasteiger partial charge in [-0.2, -0.15) is 0 Å². The van der Waals surface area contributed by atoms with E-state index in [4.69, 9.17) is 4.74 Å². The highest BCUT2D eigenvalue weighted by Crippen LogP contribution is 2.20. The van der Waals surface area contributed by atoms with Crippen molar-refractivity contribution in [2.45, 2.75) is 38.8 Å². The number of nitrogens with one attached hydrogen (secondary N) is 1. The average Bonchev–Trinajstić information content (AvgIpc) is 2.38. The van der Waals surface area contributed by atoms with Crippen LogP contribution in [-0.2, 0) is 16.1 Å². The van der Waals surface area contributed by atoms with Crippen molar-refractivity contribution in [3.05, 3.63) is 23.4 Å². The van der Waals surface area contributed by atoms with Crippen LogP contribution in [-0.4, -0.2) is 29.9 Å². The number of pyridine rings is 1. The Labute approximate surface area is 119 Å². The Morgan fingerprint density at radius 1 is 1.47 bits per heavy atom. The highest BCUT2D eigenvalue weighted by molar-refractivity contribution is 7.99. The third-order valence-corrected chi connectivity index (χ3v) is 3.56. The molecule has 0 unspecified atom stereocenters. The maximum absolute atomic E-state index is 11.3. The van der Waals surface area contributed by atoms with E-state index in [0.29, 0.717) is 12.4 Å². The first-order valence-corrected chi connectivity index (χ1v) is 7.60. The van der Waals surface area contributed by atoms with Gasteiger partial charge < -0.3 is 10.1 Å². The zero-order valence-corrected chi connectivity index (χ0v) is 12.7. The van der Waals surface area contributed by atoms with Crippen molar-refractivity contribution in [2.24, 2.45) is 0 Å². The fourth-order valence-corrected chi connectivity index (χ4v) is 2.36. The lowest BCUT2D eigenvalue weighted by Crippen LogP contribution is -2.14. The quantitative estimate of drug-likeness (QED) is 0.451. The van der Waals surface area contributed by atoms with Gasteiger partial charge in [-0.15, -0.1) is 0 Å². The lowest BCUT2D eigenvalue weighted by molar-refractivity contribution is -0.139. The SMILES string of the molecule is CCCNCc1cnc(SCC(=O)OCC)c(C)c1. The summed E-state index contributed by atoms with van der Waals surface area (Å²) in [4.78, 5) is 15.7. The summed E-state index contributed by atoms with van der Waals surface area (Å²) in [5.41, 5.74) is 2.27. The Morgan fingerprint density at radius 3 is 2.89 bits per heavy atom. The third kappa shape index (κ3) is 6.07. The molecule has 1 N–H and O–H groups in total. The molecule has 4 nitrogen and oxygen atoms in total. The minimum atomic E-state index is -0.192. The number of carbonyl (C=O) groups is 1. The molecule has 0 aliphatic heterocycles. The van der Waals surface area contributed by atoms with Gasteiger partial charge in [0.25, 0.3) is 0 Å². The highest BCUT2D eigenvalue weighted by Gasteiger charge is 2.07. The summed E-state index contributed by atoms with van der Waals surface area (Å²) in [6.07, 6.45) is 2.99. The van der Waals surface area contributed by atoms with Gasteiger partial charge in [-0.3, -0.25) is 4.79 Å². The molecule has 0 aliphatic rings. The molecule has 0 amide bonds. The molecule has 0 radical (unpaired) electrons. The number of esters is 1. The van der Waals surface area contributed by atoms with E-state index < -0.39 is 0 Å². The molecule has 19 heavy (non-hydrogen) atoms. The molecular weight excluding hydrogens is 260 g/mol. The number of hydrogen-bond donors (Lipinski definition) is 1. The zero-order chi connectivity index (χ0) is 14.1. The van der Waals surface area contributed by atoms with Crippen LogP contribution in [0.5, 0.6) is 0 Å². The Balaban J connectivity index is 2.49. The predicted molar refractivity (Wildman–Crippen MR) is 78.3 cm³/mol. The number of aromatic nitrogens is 1. The van der Waals surface area contributed by atoms with E-state index in [1.807, 2.05) is 20.0 Å². The van der Waals surface area contributed by atoms with E-state index in [1.54, 1.807) is 0 Å². The molecule has 0 bridgehead atoms. The van der Waals surface area contributed by atoms with E-state index >= 15 is 0 Å². The van der Waals surface area contributed by atoms with Gasteiger partial charge in [0.1, 0.15) is 0 Å². The number of ether oxygens (including phenoxy) is 1. The predicted octanol–water partition coefficient (Wildman–Crippen LogP) is 2.54.